The Balaban J connectivity index is 2.49. The van der Waals surface area contributed by atoms with Gasteiger partial charge < -0.3 is 15.9 Å². The topological polar surface area (TPSA) is 79.4 Å². The van der Waals surface area contributed by atoms with Crippen LogP contribution < -0.4 is 5.73 Å². The second kappa shape index (κ2) is 4.07. The summed E-state index contributed by atoms with van der Waals surface area (Å²) in [6.45, 7) is 1.65. The monoisotopic (exact) mass is 230 g/mol. The first-order valence-electron chi connectivity index (χ1n) is 5.23. The molecule has 1 heterocycles. The molecule has 0 aliphatic heterocycles. The molecular weight excluding hydrogens is 216 g/mol. The molecular formula is C13H14N2O2. The predicted molar refractivity (Wildman–Crippen MR) is 65.4 cm³/mol. The van der Waals surface area contributed by atoms with Crippen molar-refractivity contribution >= 4 is 5.69 Å². The van der Waals surface area contributed by atoms with Gasteiger partial charge in [0, 0.05) is 23.6 Å². The van der Waals surface area contributed by atoms with Gasteiger partial charge >= 0.3 is 0 Å². The molecule has 0 radical (unpaired) electrons. The number of aromatic hydroxyl groups is 1. The largest absolute Gasteiger partial charge is 0.508 e. The highest BCUT2D eigenvalue weighted by Crippen LogP contribution is 2.32. The van der Waals surface area contributed by atoms with Crippen LogP contribution in [0.3, 0.4) is 0 Å². The number of benzene rings is 1. The fraction of sp³-hybridized carbons (Fsp3) is 0.154. The Kier molecular flexibility index (Phi) is 2.73. The lowest BCUT2D eigenvalue weighted by atomic mass is 9.88. The van der Waals surface area contributed by atoms with Crippen LogP contribution in [0.1, 0.15) is 18.1 Å². The minimum absolute atomic E-state index is 0.156. The zero-order valence-electron chi connectivity index (χ0n) is 9.46. The lowest BCUT2D eigenvalue weighted by Gasteiger charge is -2.25. The molecule has 17 heavy (non-hydrogen) atoms. The first-order valence-corrected chi connectivity index (χ1v) is 5.23. The maximum atomic E-state index is 10.5. The van der Waals surface area contributed by atoms with Gasteiger partial charge in [0.1, 0.15) is 11.4 Å². The van der Waals surface area contributed by atoms with Crippen molar-refractivity contribution in [2.24, 2.45) is 0 Å². The normalized spacial score (nSPS) is 14.2. The third kappa shape index (κ3) is 2.07. The summed E-state index contributed by atoms with van der Waals surface area (Å²) in [7, 11) is 0. The van der Waals surface area contributed by atoms with Crippen molar-refractivity contribution in [2.75, 3.05) is 5.73 Å². The minimum atomic E-state index is -1.23. The van der Waals surface area contributed by atoms with E-state index in [0.29, 0.717) is 16.8 Å². The van der Waals surface area contributed by atoms with Crippen molar-refractivity contribution in [1.82, 2.24) is 4.98 Å². The number of phenolic OH excluding ortho intramolecular Hbond substituents is 1. The van der Waals surface area contributed by atoms with Crippen molar-refractivity contribution in [1.29, 1.82) is 0 Å². The number of aliphatic hydroxyl groups is 1. The molecule has 4 nitrogen and oxygen atoms in total. The average Bonchev–Trinajstić information content (AvgIpc) is 2.30. The number of anilines is 1. The smallest absolute Gasteiger partial charge is 0.115 e. The van der Waals surface area contributed by atoms with Crippen LogP contribution in [0.5, 0.6) is 5.75 Å². The third-order valence-corrected chi connectivity index (χ3v) is 2.81. The Labute approximate surface area is 99.4 Å². The predicted octanol–water partition coefficient (Wildman–Crippen LogP) is 1.63. The van der Waals surface area contributed by atoms with Gasteiger partial charge in [0.2, 0.25) is 0 Å². The van der Waals surface area contributed by atoms with Gasteiger partial charge in [0.25, 0.3) is 0 Å². The summed E-state index contributed by atoms with van der Waals surface area (Å²) in [5.41, 5.74) is 6.27. The van der Waals surface area contributed by atoms with E-state index in [2.05, 4.69) is 4.98 Å². The van der Waals surface area contributed by atoms with Crippen molar-refractivity contribution in [3.63, 3.8) is 0 Å². The van der Waals surface area contributed by atoms with E-state index in [9.17, 15) is 10.2 Å². The maximum Gasteiger partial charge on any atom is 0.115 e. The standard InChI is InChI=1S/C13H14N2O2/c1-13(17,9-2-4-10(16)5-3-9)11-8-15-7-6-12(11)14/h2-8,16-17H,1H3,(H2,14,15). The molecule has 88 valence electrons. The number of phenols is 1. The molecule has 0 bridgehead atoms. The average molecular weight is 230 g/mol. The Bertz CT molecular complexity index is 521. The van der Waals surface area contributed by atoms with Crippen molar-refractivity contribution < 1.29 is 10.2 Å². The molecule has 2 aromatic rings. The summed E-state index contributed by atoms with van der Waals surface area (Å²) in [5, 5.41) is 19.8. The number of hydrogen-bond acceptors (Lipinski definition) is 4. The van der Waals surface area contributed by atoms with E-state index in [4.69, 9.17) is 5.73 Å². The molecule has 2 rings (SSSR count). The van der Waals surface area contributed by atoms with Crippen LogP contribution in [0, 0.1) is 0 Å². The molecule has 0 saturated carbocycles. The zero-order chi connectivity index (χ0) is 12.5. The van der Waals surface area contributed by atoms with Crippen LogP contribution in [0.15, 0.2) is 42.7 Å². The Morgan fingerprint density at radius 1 is 1.18 bits per heavy atom. The lowest BCUT2D eigenvalue weighted by Crippen LogP contribution is -2.24. The number of nitrogens with two attached hydrogens (primary N) is 1. The quantitative estimate of drug-likeness (QED) is 0.732. The van der Waals surface area contributed by atoms with E-state index in [0.717, 1.165) is 0 Å². The number of aromatic nitrogens is 1. The van der Waals surface area contributed by atoms with E-state index in [1.54, 1.807) is 37.5 Å². The number of rotatable bonds is 2. The van der Waals surface area contributed by atoms with Crippen molar-refractivity contribution in [3.8, 4) is 5.75 Å². The van der Waals surface area contributed by atoms with Gasteiger partial charge in [-0.05, 0) is 30.7 Å². The first-order chi connectivity index (χ1) is 8.01. The van der Waals surface area contributed by atoms with Crippen LogP contribution in [-0.2, 0) is 5.60 Å². The Hall–Kier alpha value is -2.07. The van der Waals surface area contributed by atoms with Gasteiger partial charge in [-0.25, -0.2) is 0 Å². The molecule has 0 spiro atoms. The highest BCUT2D eigenvalue weighted by atomic mass is 16.3. The van der Waals surface area contributed by atoms with E-state index < -0.39 is 5.60 Å². The van der Waals surface area contributed by atoms with Crippen LogP contribution in [0.25, 0.3) is 0 Å². The van der Waals surface area contributed by atoms with Crippen LogP contribution in [0.4, 0.5) is 5.69 Å². The number of hydrogen-bond donors (Lipinski definition) is 3. The van der Waals surface area contributed by atoms with Crippen molar-refractivity contribution in [3.05, 3.63) is 53.9 Å². The van der Waals surface area contributed by atoms with E-state index in [1.807, 2.05) is 0 Å². The molecule has 0 aliphatic carbocycles. The summed E-state index contributed by atoms with van der Waals surface area (Å²) in [5.74, 6) is 0.156. The fourth-order valence-electron chi connectivity index (χ4n) is 1.75. The summed E-state index contributed by atoms with van der Waals surface area (Å²) in [6.07, 6.45) is 3.12. The molecule has 1 unspecified atom stereocenters. The van der Waals surface area contributed by atoms with Gasteiger partial charge in [-0.15, -0.1) is 0 Å². The number of pyridine rings is 1. The fourth-order valence-corrected chi connectivity index (χ4v) is 1.75. The Morgan fingerprint density at radius 2 is 1.82 bits per heavy atom. The summed E-state index contributed by atoms with van der Waals surface area (Å²) in [4.78, 5) is 3.97. The lowest BCUT2D eigenvalue weighted by molar-refractivity contribution is 0.103. The van der Waals surface area contributed by atoms with Gasteiger partial charge in [0.05, 0.1) is 0 Å². The number of nitrogen functional groups attached to an aromatic ring is 1. The molecule has 0 amide bonds. The molecule has 1 atom stereocenters. The SMILES string of the molecule is CC(O)(c1ccc(O)cc1)c1cnccc1N. The third-order valence-electron chi connectivity index (χ3n) is 2.81. The highest BCUT2D eigenvalue weighted by Gasteiger charge is 2.27. The molecule has 0 fully saturated rings. The molecule has 4 heteroatoms. The molecule has 4 N–H and O–H groups in total. The van der Waals surface area contributed by atoms with Crippen LogP contribution in [-0.4, -0.2) is 15.2 Å². The van der Waals surface area contributed by atoms with Gasteiger partial charge in [0.15, 0.2) is 0 Å². The first kappa shape index (κ1) is 11.4. The van der Waals surface area contributed by atoms with Gasteiger partial charge in [-0.3, -0.25) is 4.98 Å². The molecule has 0 aliphatic rings. The zero-order valence-corrected chi connectivity index (χ0v) is 9.46. The summed E-state index contributed by atoms with van der Waals surface area (Å²) in [6, 6.07) is 8.00. The van der Waals surface area contributed by atoms with Crippen molar-refractivity contribution in [2.45, 2.75) is 12.5 Å². The molecule has 1 aromatic heterocycles. The highest BCUT2D eigenvalue weighted by molar-refractivity contribution is 5.51. The summed E-state index contributed by atoms with van der Waals surface area (Å²) < 4.78 is 0. The minimum Gasteiger partial charge on any atom is -0.508 e. The van der Waals surface area contributed by atoms with Crippen LogP contribution in [0.2, 0.25) is 0 Å². The molecule has 0 saturated heterocycles. The van der Waals surface area contributed by atoms with E-state index in [1.165, 1.54) is 12.1 Å². The van der Waals surface area contributed by atoms with E-state index in [-0.39, 0.29) is 5.75 Å². The maximum absolute atomic E-state index is 10.5. The second-order valence-electron chi connectivity index (χ2n) is 4.08. The number of nitrogens with zero attached hydrogens (tertiary/aromatic N) is 1. The van der Waals surface area contributed by atoms with E-state index >= 15 is 0 Å². The summed E-state index contributed by atoms with van der Waals surface area (Å²) >= 11 is 0. The van der Waals surface area contributed by atoms with Gasteiger partial charge in [-0.2, -0.15) is 0 Å². The Morgan fingerprint density at radius 3 is 2.41 bits per heavy atom. The van der Waals surface area contributed by atoms with Gasteiger partial charge in [-0.1, -0.05) is 12.1 Å². The second-order valence-corrected chi connectivity index (χ2v) is 4.08. The molecule has 1 aromatic carbocycles. The van der Waals surface area contributed by atoms with Crippen LogP contribution >= 0.6 is 0 Å².